The largest absolute Gasteiger partial charge is 0.481 e. The zero-order chi connectivity index (χ0) is 19.2. The van der Waals surface area contributed by atoms with E-state index in [2.05, 4.69) is 11.8 Å². The predicted octanol–water partition coefficient (Wildman–Crippen LogP) is 1.77. The van der Waals surface area contributed by atoms with Crippen LogP contribution in [0.4, 0.5) is 0 Å². The molecular weight excluding hydrogens is 356 g/mol. The molecule has 1 aliphatic carbocycles. The molecule has 2 rings (SSSR count). The van der Waals surface area contributed by atoms with Crippen LogP contribution in [0, 0.1) is 17.8 Å². The highest BCUT2D eigenvalue weighted by Gasteiger charge is 2.38. The van der Waals surface area contributed by atoms with Crippen LogP contribution in [-0.4, -0.2) is 43.5 Å². The number of carbonyl (C=O) groups excluding carboxylic acids is 1. The highest BCUT2D eigenvalue weighted by Crippen LogP contribution is 2.31. The molecule has 1 aromatic rings. The highest BCUT2D eigenvalue weighted by molar-refractivity contribution is 7.89. The Balaban J connectivity index is 2.19. The van der Waals surface area contributed by atoms with Crippen molar-refractivity contribution >= 4 is 15.9 Å². The lowest BCUT2D eigenvalue weighted by atomic mass is 9.84. The molecule has 1 aromatic carbocycles. The van der Waals surface area contributed by atoms with Crippen LogP contribution in [0.2, 0.25) is 0 Å². The molecule has 1 saturated carbocycles. The number of hydroxylamine groups is 1. The molecule has 26 heavy (non-hydrogen) atoms. The van der Waals surface area contributed by atoms with E-state index in [1.807, 2.05) is 0 Å². The number of hydrogen-bond donors (Lipinski definition) is 2. The minimum absolute atomic E-state index is 0.127. The lowest BCUT2D eigenvalue weighted by Gasteiger charge is -2.35. The van der Waals surface area contributed by atoms with E-state index in [1.165, 1.54) is 23.5 Å². The zero-order valence-corrected chi connectivity index (χ0v) is 15.8. The van der Waals surface area contributed by atoms with Gasteiger partial charge in [-0.2, -0.15) is 4.31 Å². The van der Waals surface area contributed by atoms with E-state index in [1.54, 1.807) is 24.5 Å². The Labute approximate surface area is 154 Å². The van der Waals surface area contributed by atoms with Gasteiger partial charge in [0.05, 0.1) is 10.8 Å². The second-order valence-electron chi connectivity index (χ2n) is 6.14. The molecule has 7 nitrogen and oxygen atoms in total. The number of benzene rings is 1. The number of carbonyl (C=O) groups is 1. The maximum Gasteiger partial charge on any atom is 0.248 e. The molecule has 0 saturated heterocycles. The number of rotatable bonds is 6. The van der Waals surface area contributed by atoms with Gasteiger partial charge in [0.1, 0.15) is 12.4 Å². The van der Waals surface area contributed by atoms with Gasteiger partial charge in [-0.15, -0.1) is 5.92 Å². The third kappa shape index (κ3) is 4.55. The van der Waals surface area contributed by atoms with Crippen LogP contribution in [-0.2, 0) is 14.8 Å². The lowest BCUT2D eigenvalue weighted by molar-refractivity contribution is -0.136. The van der Waals surface area contributed by atoms with Gasteiger partial charge >= 0.3 is 0 Å². The summed E-state index contributed by atoms with van der Waals surface area (Å²) in [5.41, 5.74) is 1.65. The van der Waals surface area contributed by atoms with Crippen LogP contribution in [0.25, 0.3) is 0 Å². The summed E-state index contributed by atoms with van der Waals surface area (Å²) in [6.45, 7) is 1.95. The van der Waals surface area contributed by atoms with E-state index >= 15 is 0 Å². The Bertz CT molecular complexity index is 780. The first kappa shape index (κ1) is 20.2. The standard InChI is InChI=1S/C18H24N2O5S/c1-3-4-13-25-14-9-11-15(12-10-14)26(23,24)20(2)17-8-6-5-7-16(17)18(21)19-22/h9-12,16-17,22H,5-8,13H2,1-2H3,(H,19,21)/t16-,17+/m0/s1. The van der Waals surface area contributed by atoms with Gasteiger partial charge in [-0.05, 0) is 44.0 Å². The van der Waals surface area contributed by atoms with E-state index in [9.17, 15) is 13.2 Å². The van der Waals surface area contributed by atoms with E-state index in [0.717, 1.165) is 12.8 Å². The minimum atomic E-state index is -3.77. The van der Waals surface area contributed by atoms with Gasteiger partial charge in [0.15, 0.2) is 0 Å². The highest BCUT2D eigenvalue weighted by atomic mass is 32.2. The summed E-state index contributed by atoms with van der Waals surface area (Å²) in [4.78, 5) is 12.0. The molecule has 0 aromatic heterocycles. The van der Waals surface area contributed by atoms with Crippen LogP contribution >= 0.6 is 0 Å². The SMILES string of the molecule is CC#CCOc1ccc(S(=O)(=O)N(C)[C@@H]2CCCC[C@@H]2C(=O)NO)cc1. The number of hydrogen-bond acceptors (Lipinski definition) is 5. The second kappa shape index (κ2) is 9.03. The van der Waals surface area contributed by atoms with Crippen molar-refractivity contribution < 1.29 is 23.2 Å². The van der Waals surface area contributed by atoms with Gasteiger partial charge in [0.2, 0.25) is 15.9 Å². The summed E-state index contributed by atoms with van der Waals surface area (Å²) in [5, 5.41) is 8.93. The van der Waals surface area contributed by atoms with Gasteiger partial charge in [-0.25, -0.2) is 13.9 Å². The van der Waals surface area contributed by atoms with Crippen LogP contribution in [0.3, 0.4) is 0 Å². The first-order valence-electron chi connectivity index (χ1n) is 8.46. The molecule has 0 spiro atoms. The van der Waals surface area contributed by atoms with Gasteiger partial charge in [-0.3, -0.25) is 10.0 Å². The van der Waals surface area contributed by atoms with Crippen LogP contribution < -0.4 is 10.2 Å². The molecular formula is C18H24N2O5S. The van der Waals surface area contributed by atoms with Crippen LogP contribution in [0.1, 0.15) is 32.6 Å². The third-order valence-corrected chi connectivity index (χ3v) is 6.53. The Morgan fingerprint density at radius 1 is 1.31 bits per heavy atom. The summed E-state index contributed by atoms with van der Waals surface area (Å²) in [6, 6.07) is 5.62. The maximum atomic E-state index is 12.9. The zero-order valence-electron chi connectivity index (χ0n) is 14.9. The predicted molar refractivity (Wildman–Crippen MR) is 96.0 cm³/mol. The monoisotopic (exact) mass is 380 g/mol. The molecule has 8 heteroatoms. The van der Waals surface area contributed by atoms with Crippen molar-refractivity contribution in [3.63, 3.8) is 0 Å². The molecule has 0 unspecified atom stereocenters. The Morgan fingerprint density at radius 3 is 2.58 bits per heavy atom. The molecule has 2 N–H and O–H groups in total. The fourth-order valence-electron chi connectivity index (χ4n) is 3.18. The summed E-state index contributed by atoms with van der Waals surface area (Å²) < 4.78 is 32.5. The van der Waals surface area contributed by atoms with Crippen molar-refractivity contribution in [1.82, 2.24) is 9.79 Å². The summed E-state index contributed by atoms with van der Waals surface area (Å²) in [5.74, 6) is 4.90. The third-order valence-electron chi connectivity index (χ3n) is 4.63. The van der Waals surface area contributed by atoms with Gasteiger partial charge in [-0.1, -0.05) is 18.8 Å². The average Bonchev–Trinajstić information content (AvgIpc) is 2.67. The fourth-order valence-corrected chi connectivity index (χ4v) is 4.60. The molecule has 0 heterocycles. The van der Waals surface area contributed by atoms with E-state index in [4.69, 9.17) is 9.94 Å². The summed E-state index contributed by atoms with van der Waals surface area (Å²) in [7, 11) is -2.29. The van der Waals surface area contributed by atoms with Crippen LogP contribution in [0.5, 0.6) is 5.75 Å². The van der Waals surface area contributed by atoms with Gasteiger partial charge in [0.25, 0.3) is 0 Å². The van der Waals surface area contributed by atoms with Crippen molar-refractivity contribution in [3.8, 4) is 17.6 Å². The molecule has 142 valence electrons. The Hall–Kier alpha value is -2.08. The second-order valence-corrected chi connectivity index (χ2v) is 8.14. The van der Waals surface area contributed by atoms with Crippen molar-refractivity contribution in [2.75, 3.05) is 13.7 Å². The van der Waals surface area contributed by atoms with Crippen molar-refractivity contribution in [1.29, 1.82) is 0 Å². The minimum Gasteiger partial charge on any atom is -0.481 e. The summed E-state index contributed by atoms with van der Waals surface area (Å²) in [6.07, 6.45) is 2.78. The summed E-state index contributed by atoms with van der Waals surface area (Å²) >= 11 is 0. The molecule has 0 radical (unpaired) electrons. The first-order chi connectivity index (χ1) is 12.4. The Kier molecular flexibility index (Phi) is 7.03. The van der Waals surface area contributed by atoms with E-state index in [0.29, 0.717) is 18.6 Å². The van der Waals surface area contributed by atoms with E-state index in [-0.39, 0.29) is 11.5 Å². The maximum absolute atomic E-state index is 12.9. The fraction of sp³-hybridized carbons (Fsp3) is 0.500. The molecule has 1 amide bonds. The molecule has 2 atom stereocenters. The van der Waals surface area contributed by atoms with Crippen molar-refractivity contribution in [2.45, 2.75) is 43.5 Å². The number of nitrogens with zero attached hydrogens (tertiary/aromatic N) is 1. The quantitative estimate of drug-likeness (QED) is 0.445. The van der Waals surface area contributed by atoms with Crippen LogP contribution in [0.15, 0.2) is 29.2 Å². The number of nitrogens with one attached hydrogen (secondary N) is 1. The van der Waals surface area contributed by atoms with Gasteiger partial charge in [0, 0.05) is 13.1 Å². The molecule has 1 fully saturated rings. The average molecular weight is 380 g/mol. The molecule has 0 aliphatic heterocycles. The Morgan fingerprint density at radius 2 is 1.96 bits per heavy atom. The number of ether oxygens (including phenoxy) is 1. The number of sulfonamides is 1. The molecule has 1 aliphatic rings. The lowest BCUT2D eigenvalue weighted by Crippen LogP contribution is -2.48. The first-order valence-corrected chi connectivity index (χ1v) is 9.90. The van der Waals surface area contributed by atoms with Crippen molar-refractivity contribution in [3.05, 3.63) is 24.3 Å². The topological polar surface area (TPSA) is 95.9 Å². The normalized spacial score (nSPS) is 20.2. The van der Waals surface area contributed by atoms with E-state index < -0.39 is 27.9 Å². The van der Waals surface area contributed by atoms with Gasteiger partial charge < -0.3 is 4.74 Å². The smallest absolute Gasteiger partial charge is 0.248 e. The van der Waals surface area contributed by atoms with Crippen molar-refractivity contribution in [2.24, 2.45) is 5.92 Å². The molecule has 0 bridgehead atoms. The number of amides is 1.